The smallest absolute Gasteiger partial charge is 0.0718 e. The van der Waals surface area contributed by atoms with Gasteiger partial charge in [0.1, 0.15) is 0 Å². The average Bonchev–Trinajstić information content (AvgIpc) is 2.41. The number of benzene rings is 1. The molecule has 0 aliphatic heterocycles. The van der Waals surface area contributed by atoms with Crippen LogP contribution in [0.15, 0.2) is 24.3 Å². The predicted molar refractivity (Wildman–Crippen MR) is 91.6 cm³/mol. The third-order valence-corrected chi connectivity index (χ3v) is 3.96. The fourth-order valence-electron chi connectivity index (χ4n) is 1.70. The van der Waals surface area contributed by atoms with Gasteiger partial charge in [-0.15, -0.1) is 0 Å². The summed E-state index contributed by atoms with van der Waals surface area (Å²) in [5.41, 5.74) is 2.60. The normalized spacial score (nSPS) is 11.3. The maximum atomic E-state index is 5.61. The summed E-state index contributed by atoms with van der Waals surface area (Å²) < 4.78 is 11.4. The number of alkyl halides is 2. The summed E-state index contributed by atoms with van der Waals surface area (Å²) in [6, 6.07) is 9.80. The highest BCUT2D eigenvalue weighted by Gasteiger charge is 2.01. The Kier molecular flexibility index (Phi) is 10.1. The summed E-state index contributed by atoms with van der Waals surface area (Å²) >= 11 is 7.01. The zero-order valence-corrected chi connectivity index (χ0v) is 16.6. The topological polar surface area (TPSA) is 18.5 Å². The van der Waals surface area contributed by atoms with E-state index in [1.54, 1.807) is 0 Å². The first kappa shape index (κ1) is 17.4. The van der Waals surface area contributed by atoms with Gasteiger partial charge in [0.25, 0.3) is 0 Å². The molecule has 0 spiro atoms. The molecule has 1 aromatic carbocycles. The molecule has 1 aromatic rings. The SMILES string of the molecule is [SiH3]CCOCCOCc1cccc(CCC(Br)Br)c1. The van der Waals surface area contributed by atoms with Crippen LogP contribution in [0.3, 0.4) is 0 Å². The van der Waals surface area contributed by atoms with Crippen LogP contribution in [0.5, 0.6) is 0 Å². The molecular formula is C14H22Br2O2Si. The second-order valence-corrected chi connectivity index (χ2v) is 8.85. The van der Waals surface area contributed by atoms with Crippen LogP contribution in [0.2, 0.25) is 6.04 Å². The summed E-state index contributed by atoms with van der Waals surface area (Å²) in [5, 5.41) is 0. The van der Waals surface area contributed by atoms with Crippen LogP contribution < -0.4 is 0 Å². The number of hydrogen-bond donors (Lipinski definition) is 0. The quantitative estimate of drug-likeness (QED) is 0.336. The molecule has 0 saturated carbocycles. The summed E-state index contributed by atoms with van der Waals surface area (Å²) in [7, 11) is 1.21. The molecule has 19 heavy (non-hydrogen) atoms. The zero-order chi connectivity index (χ0) is 13.9. The lowest BCUT2D eigenvalue weighted by Crippen LogP contribution is -2.05. The van der Waals surface area contributed by atoms with Crippen LogP contribution in [-0.2, 0) is 22.5 Å². The molecule has 0 radical (unpaired) electrons. The van der Waals surface area contributed by atoms with Gasteiger partial charge >= 0.3 is 0 Å². The van der Waals surface area contributed by atoms with Gasteiger partial charge in [0.05, 0.1) is 23.6 Å². The number of aryl methyl sites for hydroxylation is 1. The fraction of sp³-hybridized carbons (Fsp3) is 0.571. The second kappa shape index (κ2) is 11.0. The molecule has 108 valence electrons. The van der Waals surface area contributed by atoms with Gasteiger partial charge in [-0.3, -0.25) is 0 Å². The minimum Gasteiger partial charge on any atom is -0.379 e. The average molecular weight is 410 g/mol. The molecule has 0 amide bonds. The standard InChI is InChI=1S/C14H22Br2O2Si/c15-14(16)5-4-12-2-1-3-13(10-12)11-18-7-6-17-8-9-19/h1-3,10,14H,4-9,11H2,19H3. The maximum absolute atomic E-state index is 5.61. The van der Waals surface area contributed by atoms with Crippen LogP contribution in [0.4, 0.5) is 0 Å². The van der Waals surface area contributed by atoms with Crippen molar-refractivity contribution in [2.75, 3.05) is 19.8 Å². The molecule has 0 aliphatic carbocycles. The van der Waals surface area contributed by atoms with Gasteiger partial charge in [0, 0.05) is 16.8 Å². The van der Waals surface area contributed by atoms with Crippen molar-refractivity contribution in [1.82, 2.24) is 0 Å². The van der Waals surface area contributed by atoms with Crippen molar-refractivity contribution in [2.24, 2.45) is 0 Å². The molecule has 0 aromatic heterocycles. The van der Waals surface area contributed by atoms with E-state index in [-0.39, 0.29) is 0 Å². The van der Waals surface area contributed by atoms with E-state index in [4.69, 9.17) is 9.47 Å². The van der Waals surface area contributed by atoms with Crippen LogP contribution in [0.1, 0.15) is 17.5 Å². The van der Waals surface area contributed by atoms with Crippen LogP contribution in [-0.4, -0.2) is 33.8 Å². The maximum Gasteiger partial charge on any atom is 0.0718 e. The Labute approximate surface area is 135 Å². The van der Waals surface area contributed by atoms with E-state index >= 15 is 0 Å². The van der Waals surface area contributed by atoms with Crippen LogP contribution in [0.25, 0.3) is 0 Å². The minimum atomic E-state index is 0.388. The van der Waals surface area contributed by atoms with Crippen molar-refractivity contribution in [3.05, 3.63) is 35.4 Å². The van der Waals surface area contributed by atoms with Gasteiger partial charge in [-0.05, 0) is 30.0 Å². The minimum absolute atomic E-state index is 0.388. The first-order chi connectivity index (χ1) is 9.22. The number of ether oxygens (including phenoxy) is 2. The Morgan fingerprint density at radius 1 is 1.05 bits per heavy atom. The van der Waals surface area contributed by atoms with E-state index in [0.29, 0.717) is 23.6 Å². The van der Waals surface area contributed by atoms with Crippen molar-refractivity contribution in [3.8, 4) is 0 Å². The Hall–Kier alpha value is 0.317. The van der Waals surface area contributed by atoms with Crippen molar-refractivity contribution in [1.29, 1.82) is 0 Å². The monoisotopic (exact) mass is 408 g/mol. The highest BCUT2D eigenvalue weighted by atomic mass is 79.9. The number of hydrogen-bond acceptors (Lipinski definition) is 2. The third-order valence-electron chi connectivity index (χ3n) is 2.63. The van der Waals surface area contributed by atoms with Gasteiger partial charge in [-0.1, -0.05) is 56.1 Å². The second-order valence-electron chi connectivity index (χ2n) is 4.41. The Bertz CT molecular complexity index is 348. The van der Waals surface area contributed by atoms with Gasteiger partial charge in [-0.2, -0.15) is 0 Å². The lowest BCUT2D eigenvalue weighted by atomic mass is 10.1. The van der Waals surface area contributed by atoms with Crippen molar-refractivity contribution >= 4 is 42.1 Å². The lowest BCUT2D eigenvalue weighted by Gasteiger charge is -2.07. The molecule has 0 unspecified atom stereocenters. The Balaban J connectivity index is 2.24. The first-order valence-electron chi connectivity index (χ1n) is 6.73. The van der Waals surface area contributed by atoms with Gasteiger partial charge in [0.15, 0.2) is 0 Å². The predicted octanol–water partition coefficient (Wildman–Crippen LogP) is 3.05. The lowest BCUT2D eigenvalue weighted by molar-refractivity contribution is 0.0454. The van der Waals surface area contributed by atoms with Crippen molar-refractivity contribution in [3.63, 3.8) is 0 Å². The van der Waals surface area contributed by atoms with Crippen LogP contribution in [0, 0.1) is 0 Å². The third kappa shape index (κ3) is 8.97. The van der Waals surface area contributed by atoms with Gasteiger partial charge in [-0.25, -0.2) is 0 Å². The molecule has 2 nitrogen and oxygen atoms in total. The van der Waals surface area contributed by atoms with E-state index in [1.807, 2.05) is 0 Å². The molecule has 0 heterocycles. The zero-order valence-electron chi connectivity index (χ0n) is 11.4. The van der Waals surface area contributed by atoms with E-state index in [2.05, 4.69) is 56.1 Å². The Morgan fingerprint density at radius 2 is 1.79 bits per heavy atom. The molecule has 0 bridgehead atoms. The number of rotatable bonds is 10. The van der Waals surface area contributed by atoms with E-state index in [1.165, 1.54) is 27.4 Å². The van der Waals surface area contributed by atoms with Crippen LogP contribution >= 0.6 is 31.9 Å². The Morgan fingerprint density at radius 3 is 2.53 bits per heavy atom. The number of halogens is 2. The summed E-state index contributed by atoms with van der Waals surface area (Å²) in [6.45, 7) is 2.93. The molecule has 0 aliphatic rings. The largest absolute Gasteiger partial charge is 0.379 e. The molecular weight excluding hydrogens is 388 g/mol. The molecule has 0 saturated heterocycles. The van der Waals surface area contributed by atoms with E-state index in [9.17, 15) is 0 Å². The van der Waals surface area contributed by atoms with Crippen molar-refractivity contribution in [2.45, 2.75) is 29.2 Å². The highest BCUT2D eigenvalue weighted by Crippen LogP contribution is 2.17. The van der Waals surface area contributed by atoms with Crippen molar-refractivity contribution < 1.29 is 9.47 Å². The molecule has 5 heteroatoms. The molecule has 1 rings (SSSR count). The molecule has 0 N–H and O–H groups in total. The summed E-state index contributed by atoms with van der Waals surface area (Å²) in [5.74, 6) is 0. The summed E-state index contributed by atoms with van der Waals surface area (Å²) in [4.78, 5) is 0. The molecule has 0 atom stereocenters. The summed E-state index contributed by atoms with van der Waals surface area (Å²) in [6.07, 6.45) is 2.15. The van der Waals surface area contributed by atoms with Gasteiger partial charge in [0.2, 0.25) is 0 Å². The fourth-order valence-corrected chi connectivity index (χ4v) is 2.45. The van der Waals surface area contributed by atoms with E-state index < -0.39 is 0 Å². The molecule has 0 fully saturated rings. The highest BCUT2D eigenvalue weighted by molar-refractivity contribution is 9.24. The first-order valence-corrected chi connectivity index (χ1v) is 9.98. The van der Waals surface area contributed by atoms with E-state index in [0.717, 1.165) is 19.4 Å². The van der Waals surface area contributed by atoms with Gasteiger partial charge < -0.3 is 9.47 Å².